The van der Waals surface area contributed by atoms with Crippen LogP contribution < -0.4 is 0 Å². The first-order valence-corrected chi connectivity index (χ1v) is 9.79. The molecule has 0 spiro atoms. The molecular weight excluding hydrogens is 382 g/mol. The van der Waals surface area contributed by atoms with Crippen LogP contribution in [0.3, 0.4) is 0 Å². The van der Waals surface area contributed by atoms with Gasteiger partial charge in [-0.05, 0) is 40.1 Å². The molecule has 1 aromatic heterocycles. The van der Waals surface area contributed by atoms with Gasteiger partial charge in [0.2, 0.25) is 0 Å². The molecule has 0 radical (unpaired) electrons. The molecule has 7 nitrogen and oxygen atoms in total. The zero-order valence-electron chi connectivity index (χ0n) is 16.6. The Morgan fingerprint density at radius 3 is 1.83 bits per heavy atom. The summed E-state index contributed by atoms with van der Waals surface area (Å²) in [6.45, 7) is 6.63. The zero-order chi connectivity index (χ0) is 21.3. The van der Waals surface area contributed by atoms with E-state index in [-0.39, 0.29) is 0 Å². The van der Waals surface area contributed by atoms with Crippen LogP contribution in [-0.2, 0) is 22.7 Å². The van der Waals surface area contributed by atoms with Crippen LogP contribution in [0.1, 0.15) is 11.1 Å². The van der Waals surface area contributed by atoms with E-state index in [4.69, 9.17) is 19.8 Å². The normalized spacial score (nSPS) is 14.7. The Morgan fingerprint density at radius 2 is 1.27 bits per heavy atom. The first kappa shape index (κ1) is 21.4. The average molecular weight is 407 g/mol. The van der Waals surface area contributed by atoms with Crippen molar-refractivity contribution in [1.82, 2.24) is 14.8 Å². The number of nitrogens with zero attached hydrogens (tertiary/aromatic N) is 3. The van der Waals surface area contributed by atoms with Crippen molar-refractivity contribution < 1.29 is 19.8 Å². The van der Waals surface area contributed by atoms with E-state index < -0.39 is 11.9 Å². The molecule has 1 aliphatic heterocycles. The van der Waals surface area contributed by atoms with E-state index in [9.17, 15) is 0 Å². The van der Waals surface area contributed by atoms with E-state index in [1.165, 1.54) is 21.9 Å². The predicted octanol–water partition coefficient (Wildman–Crippen LogP) is 2.71. The van der Waals surface area contributed by atoms with Gasteiger partial charge in [0.05, 0.1) is 0 Å². The number of aromatic nitrogens is 1. The fraction of sp³-hybridized carbons (Fsp3) is 0.261. The maximum Gasteiger partial charge on any atom is 0.414 e. The zero-order valence-corrected chi connectivity index (χ0v) is 16.6. The Kier molecular flexibility index (Phi) is 7.48. The van der Waals surface area contributed by atoms with Gasteiger partial charge in [-0.2, -0.15) is 0 Å². The predicted molar refractivity (Wildman–Crippen MR) is 114 cm³/mol. The summed E-state index contributed by atoms with van der Waals surface area (Å²) in [5.74, 6) is -3.65. The first-order chi connectivity index (χ1) is 14.5. The molecule has 3 aromatic rings. The maximum atomic E-state index is 9.10. The summed E-state index contributed by atoms with van der Waals surface area (Å²) in [6.07, 6.45) is 3.76. The third-order valence-electron chi connectivity index (χ3n) is 5.02. The fourth-order valence-electron chi connectivity index (χ4n) is 3.45. The molecule has 0 aliphatic carbocycles. The molecule has 0 amide bonds. The van der Waals surface area contributed by atoms with Crippen LogP contribution in [0.5, 0.6) is 0 Å². The van der Waals surface area contributed by atoms with Crippen molar-refractivity contribution in [1.29, 1.82) is 0 Å². The van der Waals surface area contributed by atoms with E-state index in [1.54, 1.807) is 0 Å². The van der Waals surface area contributed by atoms with Crippen molar-refractivity contribution >= 4 is 22.7 Å². The summed E-state index contributed by atoms with van der Waals surface area (Å²) in [5.41, 5.74) is 2.77. The number of carboxylic acids is 2. The second kappa shape index (κ2) is 10.5. The maximum absolute atomic E-state index is 9.10. The number of aliphatic carboxylic acids is 2. The minimum Gasteiger partial charge on any atom is -0.473 e. The van der Waals surface area contributed by atoms with Crippen LogP contribution in [0.4, 0.5) is 0 Å². The molecule has 30 heavy (non-hydrogen) atoms. The van der Waals surface area contributed by atoms with Crippen LogP contribution in [0.15, 0.2) is 67.0 Å². The van der Waals surface area contributed by atoms with Crippen LogP contribution in [0, 0.1) is 0 Å². The molecule has 2 aromatic carbocycles. The highest BCUT2D eigenvalue weighted by Gasteiger charge is 2.17. The SMILES string of the molecule is O=C(O)C(=O)O.c1ccc2cc(CN3CCN(Cc4ccncc4)CC3)ccc2c1. The van der Waals surface area contributed by atoms with Crippen molar-refractivity contribution in [2.24, 2.45) is 0 Å². The lowest BCUT2D eigenvalue weighted by molar-refractivity contribution is -0.159. The van der Waals surface area contributed by atoms with Crippen molar-refractivity contribution in [3.8, 4) is 0 Å². The number of rotatable bonds is 4. The molecule has 1 fully saturated rings. The number of carbonyl (C=O) groups is 2. The molecule has 1 aliphatic rings. The molecule has 0 unspecified atom stereocenters. The summed E-state index contributed by atoms with van der Waals surface area (Å²) < 4.78 is 0. The van der Waals surface area contributed by atoms with Crippen molar-refractivity contribution in [2.45, 2.75) is 13.1 Å². The van der Waals surface area contributed by atoms with Crippen LogP contribution in [-0.4, -0.2) is 63.1 Å². The number of piperazine rings is 1. The first-order valence-electron chi connectivity index (χ1n) is 9.79. The lowest BCUT2D eigenvalue weighted by Gasteiger charge is -2.34. The van der Waals surface area contributed by atoms with Crippen molar-refractivity contribution in [3.05, 3.63) is 78.1 Å². The second-order valence-corrected chi connectivity index (χ2v) is 7.20. The van der Waals surface area contributed by atoms with Gasteiger partial charge in [0.25, 0.3) is 0 Å². The Balaban J connectivity index is 0.000000377. The van der Waals surface area contributed by atoms with Crippen LogP contribution in [0.25, 0.3) is 10.8 Å². The summed E-state index contributed by atoms with van der Waals surface area (Å²) in [6, 6.07) is 19.7. The standard InChI is InChI=1S/C21H23N3.C2H2O4/c1-2-4-21-15-19(5-6-20(21)3-1)17-24-13-11-23(12-14-24)16-18-7-9-22-10-8-18;3-1(4)2(5)6/h1-10,15H,11-14,16-17H2;(H,3,4)(H,5,6). The number of hydrogen-bond donors (Lipinski definition) is 2. The number of hydrogen-bond acceptors (Lipinski definition) is 5. The lowest BCUT2D eigenvalue weighted by Crippen LogP contribution is -2.45. The number of pyridine rings is 1. The Morgan fingerprint density at radius 1 is 0.733 bits per heavy atom. The molecule has 0 atom stereocenters. The van der Waals surface area contributed by atoms with Gasteiger partial charge in [-0.3, -0.25) is 14.8 Å². The van der Waals surface area contributed by atoms with Gasteiger partial charge >= 0.3 is 11.9 Å². The van der Waals surface area contributed by atoms with Gasteiger partial charge in [0.15, 0.2) is 0 Å². The number of benzene rings is 2. The molecule has 2 N–H and O–H groups in total. The van der Waals surface area contributed by atoms with Gasteiger partial charge in [0, 0.05) is 51.7 Å². The molecule has 156 valence electrons. The van der Waals surface area contributed by atoms with Gasteiger partial charge < -0.3 is 10.2 Å². The number of fused-ring (bicyclic) bond motifs is 1. The Bertz CT molecular complexity index is 974. The van der Waals surface area contributed by atoms with E-state index in [0.29, 0.717) is 0 Å². The lowest BCUT2D eigenvalue weighted by atomic mass is 10.1. The van der Waals surface area contributed by atoms with Crippen molar-refractivity contribution in [2.75, 3.05) is 26.2 Å². The molecule has 1 saturated heterocycles. The topological polar surface area (TPSA) is 94.0 Å². The van der Waals surface area contributed by atoms with E-state index >= 15 is 0 Å². The molecule has 0 bridgehead atoms. The van der Waals surface area contributed by atoms with Crippen LogP contribution >= 0.6 is 0 Å². The smallest absolute Gasteiger partial charge is 0.414 e. The van der Waals surface area contributed by atoms with E-state index in [1.807, 2.05) is 12.4 Å². The van der Waals surface area contributed by atoms with Gasteiger partial charge in [0.1, 0.15) is 0 Å². The minimum atomic E-state index is -1.82. The van der Waals surface area contributed by atoms with Crippen molar-refractivity contribution in [3.63, 3.8) is 0 Å². The third-order valence-corrected chi connectivity index (χ3v) is 5.02. The summed E-state index contributed by atoms with van der Waals surface area (Å²) in [5, 5.41) is 17.4. The average Bonchev–Trinajstić information content (AvgIpc) is 2.76. The highest BCUT2D eigenvalue weighted by molar-refractivity contribution is 6.27. The van der Waals surface area contributed by atoms with Gasteiger partial charge in [-0.1, -0.05) is 36.4 Å². The third kappa shape index (κ3) is 6.37. The molecule has 2 heterocycles. The Labute approximate surface area is 175 Å². The monoisotopic (exact) mass is 407 g/mol. The molecule has 0 saturated carbocycles. The van der Waals surface area contributed by atoms with Gasteiger partial charge in [-0.25, -0.2) is 9.59 Å². The van der Waals surface area contributed by atoms with E-state index in [2.05, 4.69) is 69.4 Å². The van der Waals surface area contributed by atoms with E-state index in [0.717, 1.165) is 39.3 Å². The number of carboxylic acid groups (broad SMARTS) is 2. The molecule has 4 rings (SSSR count). The van der Waals surface area contributed by atoms with Gasteiger partial charge in [-0.15, -0.1) is 0 Å². The molecule has 7 heteroatoms. The largest absolute Gasteiger partial charge is 0.473 e. The summed E-state index contributed by atoms with van der Waals surface area (Å²) in [4.78, 5) is 27.4. The highest BCUT2D eigenvalue weighted by Crippen LogP contribution is 2.18. The minimum absolute atomic E-state index is 1.03. The van der Waals surface area contributed by atoms with Crippen LogP contribution in [0.2, 0.25) is 0 Å². The molecular formula is C23H25N3O4. The quantitative estimate of drug-likeness (QED) is 0.642. The second-order valence-electron chi connectivity index (χ2n) is 7.20. The fourth-order valence-corrected chi connectivity index (χ4v) is 3.45. The highest BCUT2D eigenvalue weighted by atomic mass is 16.4. The summed E-state index contributed by atoms with van der Waals surface area (Å²) >= 11 is 0. The Hall–Kier alpha value is -3.29. The summed E-state index contributed by atoms with van der Waals surface area (Å²) in [7, 11) is 0.